The second-order valence-corrected chi connectivity index (χ2v) is 4.46. The molecule has 102 valence electrons. The highest BCUT2D eigenvalue weighted by Crippen LogP contribution is 2.48. The molecule has 1 unspecified atom stereocenters. The van der Waals surface area contributed by atoms with E-state index in [4.69, 9.17) is 0 Å². The Kier molecular flexibility index (Phi) is 2.85. The summed E-state index contributed by atoms with van der Waals surface area (Å²) in [7, 11) is 0. The zero-order chi connectivity index (χ0) is 14.4. The molecule has 0 aliphatic heterocycles. The third-order valence-corrected chi connectivity index (χ3v) is 3.31. The largest absolute Gasteiger partial charge is 0.208 e. The summed E-state index contributed by atoms with van der Waals surface area (Å²) >= 11 is 0. The van der Waals surface area contributed by atoms with Gasteiger partial charge in [-0.25, -0.2) is 22.0 Å². The number of hydrogen-bond donors (Lipinski definition) is 0. The molecule has 0 heterocycles. The van der Waals surface area contributed by atoms with Crippen LogP contribution >= 0.6 is 0 Å². The quantitative estimate of drug-likeness (QED) is 0.655. The van der Waals surface area contributed by atoms with Crippen molar-refractivity contribution in [2.24, 2.45) is 0 Å². The van der Waals surface area contributed by atoms with E-state index in [0.29, 0.717) is 0 Å². The first-order valence-corrected chi connectivity index (χ1v) is 5.79. The van der Waals surface area contributed by atoms with Crippen LogP contribution < -0.4 is 0 Å². The first-order valence-electron chi connectivity index (χ1n) is 5.79. The zero-order valence-electron chi connectivity index (χ0n) is 9.93. The fraction of sp³-hybridized carbons (Fsp3) is 0.0667. The van der Waals surface area contributed by atoms with Crippen molar-refractivity contribution in [3.05, 3.63) is 76.4 Å². The van der Waals surface area contributed by atoms with Crippen LogP contribution in [0.1, 0.15) is 22.6 Å². The van der Waals surface area contributed by atoms with Crippen LogP contribution in [0.3, 0.4) is 0 Å². The fourth-order valence-electron chi connectivity index (χ4n) is 2.44. The van der Waals surface area contributed by atoms with Crippen molar-refractivity contribution in [2.75, 3.05) is 0 Å². The molecule has 3 rings (SSSR count). The minimum atomic E-state index is -1.46. The second-order valence-electron chi connectivity index (χ2n) is 4.46. The van der Waals surface area contributed by atoms with Crippen LogP contribution in [0.2, 0.25) is 0 Å². The molecule has 0 fully saturated rings. The van der Waals surface area contributed by atoms with Gasteiger partial charge in [0.2, 0.25) is 0 Å². The summed E-state index contributed by atoms with van der Waals surface area (Å²) in [6.07, 6.45) is 0. The normalized spacial score (nSPS) is 17.6. The maximum atomic E-state index is 14.0. The van der Waals surface area contributed by atoms with Gasteiger partial charge in [-0.15, -0.1) is 0 Å². The van der Waals surface area contributed by atoms with Crippen molar-refractivity contribution in [3.63, 3.8) is 0 Å². The van der Waals surface area contributed by atoms with Gasteiger partial charge in [-0.05, 0) is 29.8 Å². The van der Waals surface area contributed by atoms with Crippen LogP contribution in [-0.2, 0) is 0 Å². The van der Waals surface area contributed by atoms with Crippen molar-refractivity contribution in [2.45, 2.75) is 5.92 Å². The van der Waals surface area contributed by atoms with E-state index >= 15 is 0 Å². The number of halogens is 5. The third-order valence-electron chi connectivity index (χ3n) is 3.31. The Hall–Kier alpha value is -2.17. The molecule has 0 nitrogen and oxygen atoms in total. The van der Waals surface area contributed by atoms with E-state index in [1.807, 2.05) is 0 Å². The van der Waals surface area contributed by atoms with Crippen LogP contribution in [0.5, 0.6) is 0 Å². The molecule has 0 N–H and O–H groups in total. The summed E-state index contributed by atoms with van der Waals surface area (Å²) in [5.41, 5.74) is -0.940. The number of rotatable bonds is 1. The molecule has 0 amide bonds. The minimum Gasteiger partial charge on any atom is -0.208 e. The van der Waals surface area contributed by atoms with Gasteiger partial charge in [-0.2, -0.15) is 0 Å². The van der Waals surface area contributed by atoms with Crippen molar-refractivity contribution in [3.8, 4) is 0 Å². The predicted octanol–water partition coefficient (Wildman–Crippen LogP) is 4.86. The molecule has 1 aliphatic carbocycles. The lowest BCUT2D eigenvalue weighted by Gasteiger charge is -2.13. The molecule has 2 aromatic carbocycles. The summed E-state index contributed by atoms with van der Waals surface area (Å²) in [6, 6.07) is 6.03. The Labute approximate surface area is 111 Å². The van der Waals surface area contributed by atoms with E-state index in [1.54, 1.807) is 0 Å². The van der Waals surface area contributed by atoms with Gasteiger partial charge >= 0.3 is 0 Å². The number of benzene rings is 2. The van der Waals surface area contributed by atoms with E-state index in [2.05, 4.69) is 0 Å². The molecule has 1 atom stereocenters. The summed E-state index contributed by atoms with van der Waals surface area (Å²) in [5.74, 6) is -6.73. The molecule has 1 aliphatic rings. The van der Waals surface area contributed by atoms with Crippen molar-refractivity contribution in [1.82, 2.24) is 0 Å². The minimum absolute atomic E-state index is 0.0514. The van der Waals surface area contributed by atoms with Crippen molar-refractivity contribution >= 4 is 5.83 Å². The molecule has 0 saturated heterocycles. The Morgan fingerprint density at radius 2 is 1.50 bits per heavy atom. The zero-order valence-corrected chi connectivity index (χ0v) is 9.93. The summed E-state index contributed by atoms with van der Waals surface area (Å²) in [4.78, 5) is 0. The van der Waals surface area contributed by atoms with Crippen LogP contribution in [-0.4, -0.2) is 0 Å². The highest BCUT2D eigenvalue weighted by Gasteiger charge is 2.37. The molecule has 0 spiro atoms. The average Bonchev–Trinajstić information content (AvgIpc) is 2.66. The first-order chi connectivity index (χ1) is 9.50. The Morgan fingerprint density at radius 1 is 0.750 bits per heavy atom. The van der Waals surface area contributed by atoms with Crippen molar-refractivity contribution < 1.29 is 22.0 Å². The molecule has 5 heteroatoms. The average molecular weight is 282 g/mol. The topological polar surface area (TPSA) is 0 Å². The van der Waals surface area contributed by atoms with Gasteiger partial charge in [0.1, 0.15) is 23.3 Å². The van der Waals surface area contributed by atoms with Gasteiger partial charge in [0, 0.05) is 5.56 Å². The molecular formula is C15H7F5. The molecule has 0 saturated carbocycles. The lowest BCUT2D eigenvalue weighted by atomic mass is 9.92. The van der Waals surface area contributed by atoms with Crippen LogP contribution in [0.25, 0.3) is 5.83 Å². The smallest absolute Gasteiger partial charge is 0.166 e. The highest BCUT2D eigenvalue weighted by molar-refractivity contribution is 5.74. The second kappa shape index (κ2) is 4.44. The Balaban J connectivity index is 2.27. The van der Waals surface area contributed by atoms with E-state index in [9.17, 15) is 22.0 Å². The lowest BCUT2D eigenvalue weighted by molar-refractivity contribution is 0.539. The number of fused-ring (bicyclic) bond motifs is 1. The fourth-order valence-corrected chi connectivity index (χ4v) is 2.44. The van der Waals surface area contributed by atoms with Gasteiger partial charge < -0.3 is 0 Å². The third kappa shape index (κ3) is 1.73. The van der Waals surface area contributed by atoms with Crippen LogP contribution in [0.15, 0.2) is 42.2 Å². The van der Waals surface area contributed by atoms with Gasteiger partial charge in [0.15, 0.2) is 5.83 Å². The summed E-state index contributed by atoms with van der Waals surface area (Å²) < 4.78 is 68.3. The van der Waals surface area contributed by atoms with Gasteiger partial charge in [0.25, 0.3) is 0 Å². The molecule has 0 aromatic heterocycles. The standard InChI is InChI=1S/C15H7F5/c16-7-4-5-10(17)9(6-7)12-8-2-1-3-11(18)13(8)15(20)14(12)19/h1-6,12H. The Morgan fingerprint density at radius 3 is 2.25 bits per heavy atom. The molecule has 20 heavy (non-hydrogen) atoms. The molecular weight excluding hydrogens is 275 g/mol. The summed E-state index contributed by atoms with van der Waals surface area (Å²) in [5, 5.41) is 0. The number of allylic oxidation sites excluding steroid dienone is 1. The maximum absolute atomic E-state index is 14.0. The van der Waals surface area contributed by atoms with Crippen LogP contribution in [0, 0.1) is 17.5 Å². The van der Waals surface area contributed by atoms with Gasteiger partial charge in [-0.1, -0.05) is 12.1 Å². The van der Waals surface area contributed by atoms with E-state index in [1.165, 1.54) is 12.1 Å². The molecule has 2 aromatic rings. The summed E-state index contributed by atoms with van der Waals surface area (Å²) in [6.45, 7) is 0. The SMILES string of the molecule is FC1=C(F)C(c2cc(F)ccc2F)c2cccc(F)c21. The number of hydrogen-bond acceptors (Lipinski definition) is 0. The Bertz CT molecular complexity index is 733. The monoisotopic (exact) mass is 282 g/mol. The van der Waals surface area contributed by atoms with Crippen molar-refractivity contribution in [1.29, 1.82) is 0 Å². The van der Waals surface area contributed by atoms with E-state index < -0.39 is 40.6 Å². The predicted molar refractivity (Wildman–Crippen MR) is 63.7 cm³/mol. The molecule has 0 bridgehead atoms. The van der Waals surface area contributed by atoms with E-state index in [-0.39, 0.29) is 11.1 Å². The lowest BCUT2D eigenvalue weighted by Crippen LogP contribution is -2.03. The first kappa shape index (κ1) is 12.8. The van der Waals surface area contributed by atoms with Crippen LogP contribution in [0.4, 0.5) is 22.0 Å². The highest BCUT2D eigenvalue weighted by atomic mass is 19.2. The molecule has 0 radical (unpaired) electrons. The van der Waals surface area contributed by atoms with E-state index in [0.717, 1.165) is 24.3 Å². The maximum Gasteiger partial charge on any atom is 0.166 e. The van der Waals surface area contributed by atoms with Gasteiger partial charge in [-0.3, -0.25) is 0 Å². The van der Waals surface area contributed by atoms with Gasteiger partial charge in [0.05, 0.1) is 11.5 Å².